The van der Waals surface area contributed by atoms with Gasteiger partial charge in [-0.2, -0.15) is 0 Å². The molecule has 0 radical (unpaired) electrons. The van der Waals surface area contributed by atoms with Gasteiger partial charge in [-0.05, 0) is 12.0 Å². The molecule has 1 N–H and O–H groups in total. The van der Waals surface area contributed by atoms with E-state index in [0.717, 1.165) is 5.56 Å². The Morgan fingerprint density at radius 3 is 3.00 bits per heavy atom. The summed E-state index contributed by atoms with van der Waals surface area (Å²) in [7, 11) is 0. The fourth-order valence-corrected chi connectivity index (χ4v) is 0.706. The Morgan fingerprint density at radius 2 is 2.33 bits per heavy atom. The van der Waals surface area contributed by atoms with E-state index in [4.69, 9.17) is 6.48 Å². The summed E-state index contributed by atoms with van der Waals surface area (Å²) in [5.41, 5.74) is 0.907. The molecule has 0 aliphatic heterocycles. The molecule has 0 spiro atoms. The average Bonchev–Trinajstić information content (AvgIpc) is 1.94. The first-order chi connectivity index (χ1) is 4.84. The van der Waals surface area contributed by atoms with Gasteiger partial charge in [-0.3, -0.25) is 0 Å². The lowest BCUT2D eigenvalue weighted by atomic mass is 10.2. The quantitative estimate of drug-likeness (QED) is 0.627. The molecule has 9 heavy (non-hydrogen) atoms. The number of hydrogen-bond donors (Lipinski definition) is 1. The maximum Gasteiger partial charge on any atom is 0.0626 e. The molecule has 0 aliphatic rings. The summed E-state index contributed by atoms with van der Waals surface area (Å²) in [5, 5.41) is 8.56. The zero-order valence-corrected chi connectivity index (χ0v) is 5.17. The second-order valence-electron chi connectivity index (χ2n) is 1.86. The van der Waals surface area contributed by atoms with Crippen molar-refractivity contribution in [2.24, 2.45) is 0 Å². The molecule has 0 fully saturated rings. The molecule has 48 valence electrons. The maximum absolute atomic E-state index is 8.56. The van der Waals surface area contributed by atoms with Crippen molar-refractivity contribution in [3.63, 3.8) is 0 Å². The van der Waals surface area contributed by atoms with Crippen molar-refractivity contribution in [3.05, 3.63) is 35.9 Å². The van der Waals surface area contributed by atoms with E-state index in [0.29, 0.717) is 12.5 Å². The zero-order chi connectivity index (χ0) is 7.40. The standard InChI is InChI=1S/C8H10O/c9-7-6-8-4-2-1-3-5-8/h1-5,9H,6-7H2/i4D. The summed E-state index contributed by atoms with van der Waals surface area (Å²) in [6, 6.07) is 7.80. The Bertz CT molecular complexity index is 210. The molecule has 0 atom stereocenters. The third kappa shape index (κ3) is 1.86. The van der Waals surface area contributed by atoms with E-state index in [-0.39, 0.29) is 6.61 Å². The number of aliphatic hydroxyl groups is 1. The van der Waals surface area contributed by atoms with Crippen LogP contribution in [0.15, 0.2) is 30.3 Å². The lowest BCUT2D eigenvalue weighted by Gasteiger charge is -1.93. The van der Waals surface area contributed by atoms with Crippen LogP contribution in [-0.2, 0) is 6.42 Å². The summed E-state index contributed by atoms with van der Waals surface area (Å²) in [6.07, 6.45) is 0.583. The summed E-state index contributed by atoms with van der Waals surface area (Å²) in [4.78, 5) is 0. The van der Waals surface area contributed by atoms with Crippen molar-refractivity contribution in [2.75, 3.05) is 6.61 Å². The highest BCUT2D eigenvalue weighted by Crippen LogP contribution is 1.97. The fraction of sp³-hybridized carbons (Fsp3) is 0.250. The molecule has 1 rings (SSSR count). The molecule has 0 amide bonds. The number of hydrogen-bond acceptors (Lipinski definition) is 1. The molecule has 0 bridgehead atoms. The van der Waals surface area contributed by atoms with Crippen LogP contribution in [0.2, 0.25) is 0 Å². The first kappa shape index (κ1) is 5.00. The highest BCUT2D eigenvalue weighted by atomic mass is 16.2. The van der Waals surface area contributed by atoms with E-state index in [1.165, 1.54) is 0 Å². The molecule has 0 unspecified atom stereocenters. The Kier molecular flexibility index (Phi) is 1.81. The second kappa shape index (κ2) is 3.25. The third-order valence-electron chi connectivity index (χ3n) is 1.15. The monoisotopic (exact) mass is 123 g/mol. The van der Waals surface area contributed by atoms with E-state index < -0.39 is 0 Å². The van der Waals surface area contributed by atoms with Crippen molar-refractivity contribution >= 4 is 0 Å². The second-order valence-corrected chi connectivity index (χ2v) is 1.86. The minimum atomic E-state index is 0.121. The topological polar surface area (TPSA) is 20.2 Å². The van der Waals surface area contributed by atoms with E-state index in [1.807, 2.05) is 18.2 Å². The van der Waals surface area contributed by atoms with Crippen molar-refractivity contribution in [1.29, 1.82) is 0 Å². The Morgan fingerprint density at radius 1 is 1.44 bits per heavy atom. The van der Waals surface area contributed by atoms with Gasteiger partial charge in [0.1, 0.15) is 0 Å². The van der Waals surface area contributed by atoms with Gasteiger partial charge in [0.25, 0.3) is 0 Å². The third-order valence-corrected chi connectivity index (χ3v) is 1.15. The Balaban J connectivity index is 2.81. The van der Waals surface area contributed by atoms with Crippen LogP contribution in [0.3, 0.4) is 0 Å². The van der Waals surface area contributed by atoms with Crippen LogP contribution in [0.4, 0.5) is 0 Å². The average molecular weight is 123 g/mol. The van der Waals surface area contributed by atoms with Crippen LogP contribution in [0.25, 0.3) is 0 Å². The van der Waals surface area contributed by atoms with Gasteiger partial charge in [0.15, 0.2) is 0 Å². The number of rotatable bonds is 2. The lowest BCUT2D eigenvalue weighted by molar-refractivity contribution is 0.299. The van der Waals surface area contributed by atoms with E-state index >= 15 is 0 Å². The Hall–Kier alpha value is -0.820. The largest absolute Gasteiger partial charge is 0.396 e. The molecule has 1 nitrogen and oxygen atoms in total. The summed E-state index contributed by atoms with van der Waals surface area (Å²) in [5.74, 6) is 0. The molecule has 1 heteroatoms. The first-order valence-corrected chi connectivity index (χ1v) is 3.00. The van der Waals surface area contributed by atoms with Crippen molar-refractivity contribution < 1.29 is 6.48 Å². The molecule has 1 aromatic carbocycles. The van der Waals surface area contributed by atoms with Gasteiger partial charge in [0, 0.05) is 6.61 Å². The highest BCUT2D eigenvalue weighted by molar-refractivity contribution is 5.14. The van der Waals surface area contributed by atoms with Gasteiger partial charge in [-0.15, -0.1) is 0 Å². The molecule has 0 heterocycles. The van der Waals surface area contributed by atoms with Crippen LogP contribution in [0.1, 0.15) is 6.93 Å². The molecule has 1 aromatic rings. The van der Waals surface area contributed by atoms with Crippen molar-refractivity contribution in [2.45, 2.75) is 6.42 Å². The van der Waals surface area contributed by atoms with Crippen LogP contribution in [0, 0.1) is 0 Å². The van der Waals surface area contributed by atoms with Crippen LogP contribution in [0.5, 0.6) is 0 Å². The normalized spacial score (nSPS) is 11.0. The minimum absolute atomic E-state index is 0.121. The van der Waals surface area contributed by atoms with Gasteiger partial charge in [-0.1, -0.05) is 30.3 Å². The van der Waals surface area contributed by atoms with Crippen molar-refractivity contribution in [1.82, 2.24) is 0 Å². The maximum atomic E-state index is 8.56. The Labute approximate surface area is 56.4 Å². The predicted molar refractivity (Wildman–Crippen MR) is 37.2 cm³/mol. The van der Waals surface area contributed by atoms with E-state index in [9.17, 15) is 0 Å². The molecule has 0 saturated heterocycles. The zero-order valence-electron chi connectivity index (χ0n) is 6.17. The summed E-state index contributed by atoms with van der Waals surface area (Å²) < 4.78 is 7.36. The molecule has 0 saturated carbocycles. The number of benzene rings is 1. The summed E-state index contributed by atoms with van der Waals surface area (Å²) in [6.45, 7) is 0.121. The first-order valence-electron chi connectivity index (χ1n) is 3.50. The van der Waals surface area contributed by atoms with Crippen LogP contribution < -0.4 is 0 Å². The van der Waals surface area contributed by atoms with E-state index in [1.54, 1.807) is 6.07 Å². The van der Waals surface area contributed by atoms with Crippen LogP contribution >= 0.6 is 0 Å². The van der Waals surface area contributed by atoms with Crippen LogP contribution in [-0.4, -0.2) is 11.7 Å². The molecular weight excluding hydrogens is 112 g/mol. The van der Waals surface area contributed by atoms with E-state index in [2.05, 4.69) is 0 Å². The summed E-state index contributed by atoms with van der Waals surface area (Å²) >= 11 is 0. The lowest BCUT2D eigenvalue weighted by Crippen LogP contribution is -1.88. The van der Waals surface area contributed by atoms with Gasteiger partial charge < -0.3 is 5.11 Å². The van der Waals surface area contributed by atoms with Gasteiger partial charge in [0.2, 0.25) is 0 Å². The highest BCUT2D eigenvalue weighted by Gasteiger charge is 1.85. The smallest absolute Gasteiger partial charge is 0.0626 e. The molecular formula is C8H10O. The minimum Gasteiger partial charge on any atom is -0.396 e. The molecule has 0 aliphatic carbocycles. The van der Waals surface area contributed by atoms with Crippen molar-refractivity contribution in [3.8, 4) is 0 Å². The SMILES string of the molecule is [2H]c1ccccc1CCO. The van der Waals surface area contributed by atoms with Gasteiger partial charge >= 0.3 is 0 Å². The predicted octanol–water partition coefficient (Wildman–Crippen LogP) is 1.22. The number of aliphatic hydroxyl groups excluding tert-OH is 1. The van der Waals surface area contributed by atoms with Gasteiger partial charge in [-0.25, -0.2) is 0 Å². The fourth-order valence-electron chi connectivity index (χ4n) is 0.706. The molecule has 0 aromatic heterocycles. The van der Waals surface area contributed by atoms with Gasteiger partial charge in [0.05, 0.1) is 1.37 Å².